The zero-order valence-corrected chi connectivity index (χ0v) is 16.0. The molecule has 3 rings (SSSR count). The van der Waals surface area contributed by atoms with Crippen LogP contribution in [0.4, 0.5) is 5.69 Å². The van der Waals surface area contributed by atoms with Crippen LogP contribution in [0.15, 0.2) is 47.5 Å². The second-order valence-electron chi connectivity index (χ2n) is 7.63. The van der Waals surface area contributed by atoms with E-state index in [0.717, 1.165) is 16.8 Å². The number of para-hydroxylation sites is 1. The number of rotatable bonds is 3. The fourth-order valence-electron chi connectivity index (χ4n) is 4.02. The molecule has 0 aliphatic heterocycles. The van der Waals surface area contributed by atoms with Crippen molar-refractivity contribution in [3.05, 3.63) is 59.2 Å². The summed E-state index contributed by atoms with van der Waals surface area (Å²) < 4.78 is 0. The van der Waals surface area contributed by atoms with Gasteiger partial charge in [-0.3, -0.25) is 4.99 Å². The third-order valence-corrected chi connectivity index (χ3v) is 5.47. The molecule has 1 aliphatic rings. The fraction of sp³-hybridized carbons (Fsp3) is 0.458. The van der Waals surface area contributed by atoms with E-state index in [2.05, 4.69) is 18.0 Å². The molecule has 1 saturated carbocycles. The molecule has 0 amide bonds. The maximum atomic E-state index is 10.9. The van der Waals surface area contributed by atoms with Gasteiger partial charge in [-0.15, -0.1) is 0 Å². The van der Waals surface area contributed by atoms with Crippen molar-refractivity contribution in [2.75, 3.05) is 0 Å². The van der Waals surface area contributed by atoms with E-state index in [4.69, 9.17) is 0 Å². The lowest BCUT2D eigenvalue weighted by Crippen LogP contribution is -2.03. The fourth-order valence-corrected chi connectivity index (χ4v) is 4.02. The third kappa shape index (κ3) is 5.20. The lowest BCUT2D eigenvalue weighted by Gasteiger charge is -2.21. The molecule has 2 heteroatoms. The Kier molecular flexibility index (Phi) is 6.88. The highest BCUT2D eigenvalue weighted by Crippen LogP contribution is 2.37. The van der Waals surface area contributed by atoms with Gasteiger partial charge in [0.15, 0.2) is 0 Å². The minimum atomic E-state index is 0.428. The van der Waals surface area contributed by atoms with E-state index in [1.54, 1.807) is 6.21 Å². The van der Waals surface area contributed by atoms with Gasteiger partial charge in [-0.05, 0) is 55.0 Å². The Hall–Kier alpha value is -2.09. The largest absolute Gasteiger partial charge is 0.507 e. The molecule has 138 valence electrons. The molecule has 1 N–H and O–H groups in total. The van der Waals surface area contributed by atoms with Crippen LogP contribution in [0.3, 0.4) is 0 Å². The van der Waals surface area contributed by atoms with Gasteiger partial charge in [0.1, 0.15) is 5.75 Å². The first kappa shape index (κ1) is 18.7. The summed E-state index contributed by atoms with van der Waals surface area (Å²) in [5, 5.41) is 10.9. The molecular formula is C24H31NO. The molecule has 0 spiro atoms. The van der Waals surface area contributed by atoms with Gasteiger partial charge >= 0.3 is 0 Å². The summed E-state index contributed by atoms with van der Waals surface area (Å²) in [5.41, 5.74) is 4.07. The number of hydrogen-bond acceptors (Lipinski definition) is 2. The van der Waals surface area contributed by atoms with Gasteiger partial charge in [0, 0.05) is 11.8 Å². The predicted octanol–water partition coefficient (Wildman–Crippen LogP) is 7.06. The van der Waals surface area contributed by atoms with Crippen LogP contribution in [0.1, 0.15) is 80.4 Å². The predicted molar refractivity (Wildman–Crippen MR) is 111 cm³/mol. The maximum Gasteiger partial charge on any atom is 0.127 e. The van der Waals surface area contributed by atoms with Gasteiger partial charge in [-0.1, -0.05) is 69.2 Å². The van der Waals surface area contributed by atoms with E-state index in [1.807, 2.05) is 36.4 Å². The van der Waals surface area contributed by atoms with Gasteiger partial charge < -0.3 is 5.11 Å². The standard InChI is InChI=1S/C24H31NO/c1-19-16-21(18-25-22-14-10-7-11-15-22)24(26)23(17-19)20-12-8-5-3-2-4-6-9-13-20/h7,10-11,14-18,20,26H,2-6,8-9,12-13H2,1H3. The van der Waals surface area contributed by atoms with E-state index in [9.17, 15) is 5.11 Å². The summed E-state index contributed by atoms with van der Waals surface area (Å²) in [7, 11) is 0. The first-order valence-electron chi connectivity index (χ1n) is 10.2. The summed E-state index contributed by atoms with van der Waals surface area (Å²) in [5.74, 6) is 0.897. The first-order valence-corrected chi connectivity index (χ1v) is 10.2. The Labute approximate surface area is 158 Å². The van der Waals surface area contributed by atoms with E-state index in [1.165, 1.54) is 63.4 Å². The van der Waals surface area contributed by atoms with Crippen LogP contribution in [-0.4, -0.2) is 11.3 Å². The second-order valence-corrected chi connectivity index (χ2v) is 7.63. The number of nitrogens with zero attached hydrogens (tertiary/aromatic N) is 1. The smallest absolute Gasteiger partial charge is 0.127 e. The van der Waals surface area contributed by atoms with Gasteiger partial charge in [-0.2, -0.15) is 0 Å². The second kappa shape index (κ2) is 9.56. The Morgan fingerprint density at radius 3 is 2.15 bits per heavy atom. The average Bonchev–Trinajstić information content (AvgIpc) is 2.67. The number of benzene rings is 2. The highest BCUT2D eigenvalue weighted by atomic mass is 16.3. The molecule has 2 aromatic carbocycles. The van der Waals surface area contributed by atoms with Crippen LogP contribution in [0, 0.1) is 6.92 Å². The molecule has 0 saturated heterocycles. The summed E-state index contributed by atoms with van der Waals surface area (Å²) in [6.07, 6.45) is 13.5. The van der Waals surface area contributed by atoms with E-state index in [0.29, 0.717) is 11.7 Å². The van der Waals surface area contributed by atoms with Crippen LogP contribution in [0.5, 0.6) is 5.75 Å². The zero-order valence-electron chi connectivity index (χ0n) is 16.0. The Morgan fingerprint density at radius 2 is 1.50 bits per heavy atom. The lowest BCUT2D eigenvalue weighted by atomic mass is 9.85. The SMILES string of the molecule is Cc1cc(C=Nc2ccccc2)c(O)c(C2CCCCCCCCC2)c1. The molecule has 2 aromatic rings. The van der Waals surface area contributed by atoms with E-state index >= 15 is 0 Å². The average molecular weight is 350 g/mol. The molecule has 0 unspecified atom stereocenters. The number of hydrogen-bond donors (Lipinski definition) is 1. The minimum absolute atomic E-state index is 0.428. The van der Waals surface area contributed by atoms with Crippen molar-refractivity contribution in [3.8, 4) is 5.75 Å². The van der Waals surface area contributed by atoms with Crippen molar-refractivity contribution in [1.82, 2.24) is 0 Å². The van der Waals surface area contributed by atoms with Crippen molar-refractivity contribution in [2.45, 2.75) is 70.6 Å². The van der Waals surface area contributed by atoms with Gasteiger partial charge in [0.2, 0.25) is 0 Å². The molecule has 0 atom stereocenters. The Balaban J connectivity index is 1.84. The number of phenolic OH excluding ortho intramolecular Hbond substituents is 1. The van der Waals surface area contributed by atoms with Crippen LogP contribution in [-0.2, 0) is 0 Å². The van der Waals surface area contributed by atoms with E-state index < -0.39 is 0 Å². The lowest BCUT2D eigenvalue weighted by molar-refractivity contribution is 0.429. The highest BCUT2D eigenvalue weighted by molar-refractivity contribution is 5.86. The summed E-state index contributed by atoms with van der Waals surface area (Å²) in [6.45, 7) is 2.11. The highest BCUT2D eigenvalue weighted by Gasteiger charge is 2.18. The van der Waals surface area contributed by atoms with Gasteiger partial charge in [-0.25, -0.2) is 0 Å². The molecule has 26 heavy (non-hydrogen) atoms. The quantitative estimate of drug-likeness (QED) is 0.591. The van der Waals surface area contributed by atoms with Crippen molar-refractivity contribution in [1.29, 1.82) is 0 Å². The third-order valence-electron chi connectivity index (χ3n) is 5.47. The van der Waals surface area contributed by atoms with Crippen molar-refractivity contribution in [2.24, 2.45) is 4.99 Å². The molecule has 0 aromatic heterocycles. The molecular weight excluding hydrogens is 318 g/mol. The minimum Gasteiger partial charge on any atom is -0.507 e. The number of aromatic hydroxyl groups is 1. The van der Waals surface area contributed by atoms with Crippen LogP contribution >= 0.6 is 0 Å². The van der Waals surface area contributed by atoms with Gasteiger partial charge in [0.05, 0.1) is 5.69 Å². The number of aryl methyl sites for hydroxylation is 1. The molecule has 0 heterocycles. The molecule has 1 fully saturated rings. The summed E-state index contributed by atoms with van der Waals surface area (Å²) in [6, 6.07) is 14.1. The monoisotopic (exact) mass is 349 g/mol. The number of phenols is 1. The molecule has 2 nitrogen and oxygen atoms in total. The van der Waals surface area contributed by atoms with E-state index in [-0.39, 0.29) is 0 Å². The normalized spacial score (nSPS) is 17.4. The van der Waals surface area contributed by atoms with Crippen LogP contribution in [0.25, 0.3) is 0 Å². The zero-order chi connectivity index (χ0) is 18.2. The summed E-state index contributed by atoms with van der Waals surface area (Å²) in [4.78, 5) is 4.54. The summed E-state index contributed by atoms with van der Waals surface area (Å²) >= 11 is 0. The van der Waals surface area contributed by atoms with Gasteiger partial charge in [0.25, 0.3) is 0 Å². The Bertz CT molecular complexity index is 710. The van der Waals surface area contributed by atoms with Crippen molar-refractivity contribution in [3.63, 3.8) is 0 Å². The van der Waals surface area contributed by atoms with Crippen molar-refractivity contribution < 1.29 is 5.11 Å². The number of aliphatic imine (C=N–C) groups is 1. The first-order chi connectivity index (χ1) is 12.7. The molecule has 1 aliphatic carbocycles. The van der Waals surface area contributed by atoms with Crippen molar-refractivity contribution >= 4 is 11.9 Å². The topological polar surface area (TPSA) is 32.6 Å². The maximum absolute atomic E-state index is 10.9. The van der Waals surface area contributed by atoms with Crippen LogP contribution < -0.4 is 0 Å². The molecule has 0 bridgehead atoms. The molecule has 0 radical (unpaired) electrons. The Morgan fingerprint density at radius 1 is 0.885 bits per heavy atom. The van der Waals surface area contributed by atoms with Crippen LogP contribution in [0.2, 0.25) is 0 Å².